The summed E-state index contributed by atoms with van der Waals surface area (Å²) in [6.07, 6.45) is 3.09. The van der Waals surface area contributed by atoms with Gasteiger partial charge in [-0.1, -0.05) is 36.7 Å². The van der Waals surface area contributed by atoms with Crippen molar-refractivity contribution in [2.75, 3.05) is 13.2 Å². The van der Waals surface area contributed by atoms with Crippen LogP contribution < -0.4 is 14.8 Å². The molecule has 0 aliphatic heterocycles. The smallest absolute Gasteiger partial charge is 0.321 e. The number of fused-ring (bicyclic) bond motifs is 1. The summed E-state index contributed by atoms with van der Waals surface area (Å²) in [5, 5.41) is 14.4. The highest BCUT2D eigenvalue weighted by Crippen LogP contribution is 2.34. The molecule has 0 spiro atoms. The van der Waals surface area contributed by atoms with Crippen LogP contribution in [0.2, 0.25) is 5.02 Å². The van der Waals surface area contributed by atoms with E-state index >= 15 is 0 Å². The van der Waals surface area contributed by atoms with Crippen LogP contribution in [0.1, 0.15) is 31.4 Å². The van der Waals surface area contributed by atoms with Gasteiger partial charge in [-0.3, -0.25) is 10.1 Å². The SMILES string of the molecule is CCCOc1cc(Cl)c(CNC(Cc2c[nH]c3ccccc23)C(=O)O)cc1OCC. The average molecular weight is 431 g/mol. The van der Waals surface area contributed by atoms with Crippen molar-refractivity contribution in [2.45, 2.75) is 39.3 Å². The average Bonchev–Trinajstić information content (AvgIpc) is 3.14. The molecule has 0 saturated heterocycles. The molecule has 0 bridgehead atoms. The van der Waals surface area contributed by atoms with Crippen molar-refractivity contribution >= 4 is 28.5 Å². The standard InChI is InChI=1S/C23H27ClN2O4/c1-3-9-30-22-12-18(24)16(11-21(22)29-4-2)14-26-20(23(27)28)10-15-13-25-19-8-6-5-7-17(15)19/h5-8,11-13,20,25-26H,3-4,9-10,14H2,1-2H3,(H,27,28). The molecular formula is C23H27ClN2O4. The van der Waals surface area contributed by atoms with Crippen LogP contribution in [-0.4, -0.2) is 35.3 Å². The molecule has 1 atom stereocenters. The number of hydrogen-bond donors (Lipinski definition) is 3. The zero-order chi connectivity index (χ0) is 21.5. The summed E-state index contributed by atoms with van der Waals surface area (Å²) in [5.41, 5.74) is 2.70. The number of nitrogens with one attached hydrogen (secondary N) is 2. The first-order valence-electron chi connectivity index (χ1n) is 10.1. The van der Waals surface area contributed by atoms with Crippen molar-refractivity contribution in [3.63, 3.8) is 0 Å². The van der Waals surface area contributed by atoms with E-state index in [0.29, 0.717) is 42.7 Å². The monoisotopic (exact) mass is 430 g/mol. The molecule has 160 valence electrons. The number of benzene rings is 2. The first kappa shape index (κ1) is 22.0. The predicted molar refractivity (Wildman–Crippen MR) is 119 cm³/mol. The van der Waals surface area contributed by atoms with E-state index in [1.165, 1.54) is 0 Å². The zero-order valence-corrected chi connectivity index (χ0v) is 18.0. The van der Waals surface area contributed by atoms with Crippen LogP contribution in [0.4, 0.5) is 0 Å². The fraction of sp³-hybridized carbons (Fsp3) is 0.348. The lowest BCUT2D eigenvalue weighted by Crippen LogP contribution is -2.38. The number of carboxylic acids is 1. The number of aromatic amines is 1. The molecule has 3 rings (SSSR count). The lowest BCUT2D eigenvalue weighted by molar-refractivity contribution is -0.139. The van der Waals surface area contributed by atoms with Gasteiger partial charge in [0.05, 0.1) is 13.2 Å². The molecule has 0 aliphatic carbocycles. The molecule has 6 nitrogen and oxygen atoms in total. The number of H-pyrrole nitrogens is 1. The lowest BCUT2D eigenvalue weighted by atomic mass is 10.0. The maximum Gasteiger partial charge on any atom is 0.321 e. The van der Waals surface area contributed by atoms with E-state index in [2.05, 4.69) is 10.3 Å². The molecule has 0 fully saturated rings. The zero-order valence-electron chi connectivity index (χ0n) is 17.2. The van der Waals surface area contributed by atoms with Crippen LogP contribution in [0, 0.1) is 0 Å². The molecule has 30 heavy (non-hydrogen) atoms. The quantitative estimate of drug-likeness (QED) is 0.407. The second-order valence-corrected chi connectivity index (χ2v) is 7.41. The molecule has 7 heteroatoms. The molecule has 1 heterocycles. The van der Waals surface area contributed by atoms with E-state index in [4.69, 9.17) is 21.1 Å². The highest BCUT2D eigenvalue weighted by Gasteiger charge is 2.20. The third-order valence-electron chi connectivity index (χ3n) is 4.81. The third kappa shape index (κ3) is 5.26. The van der Waals surface area contributed by atoms with Gasteiger partial charge in [0, 0.05) is 41.2 Å². The van der Waals surface area contributed by atoms with Crippen LogP contribution in [0.5, 0.6) is 11.5 Å². The Morgan fingerprint density at radius 2 is 1.93 bits per heavy atom. The summed E-state index contributed by atoms with van der Waals surface area (Å²) in [6.45, 7) is 5.29. The van der Waals surface area contributed by atoms with Crippen molar-refractivity contribution in [2.24, 2.45) is 0 Å². The van der Waals surface area contributed by atoms with E-state index in [9.17, 15) is 9.90 Å². The minimum absolute atomic E-state index is 0.298. The van der Waals surface area contributed by atoms with Gasteiger partial charge in [0.1, 0.15) is 6.04 Å². The summed E-state index contributed by atoms with van der Waals surface area (Å²) >= 11 is 6.44. The molecule has 3 aromatic rings. The van der Waals surface area contributed by atoms with Gasteiger partial charge in [-0.05, 0) is 36.6 Å². The van der Waals surface area contributed by atoms with E-state index in [1.807, 2.05) is 50.4 Å². The van der Waals surface area contributed by atoms with E-state index in [0.717, 1.165) is 28.5 Å². The number of aliphatic carboxylic acids is 1. The molecule has 0 saturated carbocycles. The lowest BCUT2D eigenvalue weighted by Gasteiger charge is -2.17. The largest absolute Gasteiger partial charge is 0.490 e. The van der Waals surface area contributed by atoms with Gasteiger partial charge in [0.25, 0.3) is 0 Å². The van der Waals surface area contributed by atoms with Gasteiger partial charge >= 0.3 is 5.97 Å². The first-order chi connectivity index (χ1) is 14.5. The van der Waals surface area contributed by atoms with Gasteiger partial charge in [-0.25, -0.2) is 0 Å². The molecule has 0 radical (unpaired) electrons. The first-order valence-corrected chi connectivity index (χ1v) is 10.5. The maximum absolute atomic E-state index is 11.9. The Kier molecular flexibility index (Phi) is 7.60. The predicted octanol–water partition coefficient (Wildman–Crippen LogP) is 4.79. The fourth-order valence-electron chi connectivity index (χ4n) is 3.31. The van der Waals surface area contributed by atoms with Crippen molar-refractivity contribution in [1.82, 2.24) is 10.3 Å². The van der Waals surface area contributed by atoms with Crippen LogP contribution in [0.3, 0.4) is 0 Å². The Balaban J connectivity index is 1.75. The number of para-hydroxylation sites is 1. The Bertz CT molecular complexity index is 1000. The summed E-state index contributed by atoms with van der Waals surface area (Å²) in [4.78, 5) is 15.0. The normalized spacial score (nSPS) is 12.1. The van der Waals surface area contributed by atoms with Crippen molar-refractivity contribution < 1.29 is 19.4 Å². The number of halogens is 1. The van der Waals surface area contributed by atoms with Crippen molar-refractivity contribution in [3.05, 3.63) is 58.7 Å². The Hall–Kier alpha value is -2.70. The third-order valence-corrected chi connectivity index (χ3v) is 5.16. The Morgan fingerprint density at radius 1 is 1.17 bits per heavy atom. The van der Waals surface area contributed by atoms with Gasteiger partial charge < -0.3 is 19.6 Å². The van der Waals surface area contributed by atoms with E-state index in [1.54, 1.807) is 6.07 Å². The van der Waals surface area contributed by atoms with Gasteiger partial charge in [0.2, 0.25) is 0 Å². The molecule has 2 aromatic carbocycles. The van der Waals surface area contributed by atoms with Crippen molar-refractivity contribution in [1.29, 1.82) is 0 Å². The number of ether oxygens (including phenoxy) is 2. The number of aromatic nitrogens is 1. The summed E-state index contributed by atoms with van der Waals surface area (Å²) < 4.78 is 11.4. The second-order valence-electron chi connectivity index (χ2n) is 7.01. The molecule has 0 amide bonds. The van der Waals surface area contributed by atoms with Crippen LogP contribution in [0.25, 0.3) is 10.9 Å². The number of carbonyl (C=O) groups is 1. The summed E-state index contributed by atoms with van der Waals surface area (Å²) in [7, 11) is 0. The fourth-order valence-corrected chi connectivity index (χ4v) is 3.53. The van der Waals surface area contributed by atoms with Gasteiger partial charge in [-0.2, -0.15) is 0 Å². The summed E-state index contributed by atoms with van der Waals surface area (Å²) in [5.74, 6) is 0.293. The Morgan fingerprint density at radius 3 is 2.67 bits per heavy atom. The second kappa shape index (κ2) is 10.4. The topological polar surface area (TPSA) is 83.6 Å². The Labute approximate surface area is 181 Å². The van der Waals surface area contributed by atoms with Crippen molar-refractivity contribution in [3.8, 4) is 11.5 Å². The van der Waals surface area contributed by atoms with Gasteiger partial charge in [-0.15, -0.1) is 0 Å². The highest BCUT2D eigenvalue weighted by molar-refractivity contribution is 6.31. The molecule has 1 aromatic heterocycles. The molecule has 3 N–H and O–H groups in total. The minimum atomic E-state index is -0.913. The van der Waals surface area contributed by atoms with Gasteiger partial charge in [0.15, 0.2) is 11.5 Å². The van der Waals surface area contributed by atoms with E-state index < -0.39 is 12.0 Å². The minimum Gasteiger partial charge on any atom is -0.490 e. The highest BCUT2D eigenvalue weighted by atomic mass is 35.5. The van der Waals surface area contributed by atoms with Crippen LogP contribution in [-0.2, 0) is 17.8 Å². The van der Waals surface area contributed by atoms with Crippen LogP contribution in [0.15, 0.2) is 42.6 Å². The molecular weight excluding hydrogens is 404 g/mol. The number of carboxylic acid groups (broad SMARTS) is 1. The molecule has 0 aliphatic rings. The molecule has 1 unspecified atom stereocenters. The number of hydrogen-bond acceptors (Lipinski definition) is 4. The maximum atomic E-state index is 11.9. The van der Waals surface area contributed by atoms with Crippen LogP contribution >= 0.6 is 11.6 Å². The van der Waals surface area contributed by atoms with E-state index in [-0.39, 0.29) is 0 Å². The number of rotatable bonds is 11. The summed E-state index contributed by atoms with van der Waals surface area (Å²) in [6, 6.07) is 10.6.